The molecule has 1 aromatic carbocycles. The highest BCUT2D eigenvalue weighted by atomic mass is 16.2. The zero-order valence-electron chi connectivity index (χ0n) is 15.3. The molecule has 140 valence electrons. The number of amides is 3. The van der Waals surface area contributed by atoms with E-state index in [9.17, 15) is 14.4 Å². The van der Waals surface area contributed by atoms with Crippen molar-refractivity contribution in [2.24, 2.45) is 7.05 Å². The Kier molecular flexibility index (Phi) is 3.58. The van der Waals surface area contributed by atoms with Crippen LogP contribution < -0.4 is 5.32 Å². The van der Waals surface area contributed by atoms with Crippen LogP contribution in [0.4, 0.5) is 0 Å². The molecule has 4 heterocycles. The van der Waals surface area contributed by atoms with Crippen molar-refractivity contribution in [1.82, 2.24) is 19.8 Å². The van der Waals surface area contributed by atoms with Crippen molar-refractivity contribution in [3.63, 3.8) is 0 Å². The minimum absolute atomic E-state index is 0.160. The van der Waals surface area contributed by atoms with Crippen LogP contribution in [0, 0.1) is 0 Å². The van der Waals surface area contributed by atoms with Crippen LogP contribution >= 0.6 is 0 Å². The first-order valence-corrected chi connectivity index (χ1v) is 9.20. The first-order chi connectivity index (χ1) is 13.5. The van der Waals surface area contributed by atoms with Gasteiger partial charge in [0.1, 0.15) is 6.04 Å². The smallest absolute Gasteiger partial charge is 0.255 e. The normalized spacial score (nSPS) is 19.2. The highest BCUT2D eigenvalue weighted by Crippen LogP contribution is 2.31. The first-order valence-electron chi connectivity index (χ1n) is 9.20. The second-order valence-electron chi connectivity index (χ2n) is 7.33. The summed E-state index contributed by atoms with van der Waals surface area (Å²) in [6.07, 6.45) is 4.43. The maximum absolute atomic E-state index is 12.8. The molecule has 1 N–H and O–H groups in total. The van der Waals surface area contributed by atoms with Gasteiger partial charge in [-0.05, 0) is 41.8 Å². The molecule has 0 saturated carbocycles. The molecule has 0 aliphatic carbocycles. The molecule has 7 heteroatoms. The molecule has 0 radical (unpaired) electrons. The number of fused-ring (bicyclic) bond motifs is 2. The van der Waals surface area contributed by atoms with Crippen LogP contribution in [0.15, 0.2) is 42.7 Å². The van der Waals surface area contributed by atoms with Crippen LogP contribution in [-0.4, -0.2) is 38.2 Å². The first kappa shape index (κ1) is 16.7. The maximum atomic E-state index is 12.8. The Labute approximate surface area is 161 Å². The van der Waals surface area contributed by atoms with Crippen LogP contribution in [0.3, 0.4) is 0 Å². The van der Waals surface area contributed by atoms with E-state index in [-0.39, 0.29) is 18.2 Å². The average molecular weight is 374 g/mol. The second-order valence-corrected chi connectivity index (χ2v) is 7.33. The Balaban J connectivity index is 1.47. The molecule has 7 nitrogen and oxygen atoms in total. The minimum Gasteiger partial charge on any atom is -0.349 e. The summed E-state index contributed by atoms with van der Waals surface area (Å²) in [4.78, 5) is 42.4. The summed E-state index contributed by atoms with van der Waals surface area (Å²) in [5, 5.41) is 2.33. The number of hydrogen-bond donors (Lipinski definition) is 1. The predicted octanol–water partition coefficient (Wildman–Crippen LogP) is 2.00. The lowest BCUT2D eigenvalue weighted by atomic mass is 10.0. The van der Waals surface area contributed by atoms with Gasteiger partial charge in [0.15, 0.2) is 0 Å². The summed E-state index contributed by atoms with van der Waals surface area (Å²) in [5.74, 6) is -0.834. The van der Waals surface area contributed by atoms with E-state index in [2.05, 4.69) is 16.4 Å². The molecular formula is C21H18N4O3. The van der Waals surface area contributed by atoms with Crippen molar-refractivity contribution in [2.45, 2.75) is 25.4 Å². The zero-order valence-corrected chi connectivity index (χ0v) is 15.3. The average Bonchev–Trinajstić information content (AvgIpc) is 3.21. The summed E-state index contributed by atoms with van der Waals surface area (Å²) in [6.45, 7) is 0.369. The second kappa shape index (κ2) is 6.02. The molecule has 1 unspecified atom stereocenters. The van der Waals surface area contributed by atoms with E-state index in [0.29, 0.717) is 18.5 Å². The summed E-state index contributed by atoms with van der Waals surface area (Å²) in [6, 6.07) is 9.18. The molecular weight excluding hydrogens is 356 g/mol. The van der Waals surface area contributed by atoms with Gasteiger partial charge in [0.2, 0.25) is 11.8 Å². The molecule has 2 aromatic heterocycles. The number of piperidine rings is 1. The molecule has 1 fully saturated rings. The number of imide groups is 1. The van der Waals surface area contributed by atoms with Gasteiger partial charge in [0, 0.05) is 43.5 Å². The highest BCUT2D eigenvalue weighted by molar-refractivity contribution is 6.05. The summed E-state index contributed by atoms with van der Waals surface area (Å²) < 4.78 is 2.02. The lowest BCUT2D eigenvalue weighted by molar-refractivity contribution is -0.136. The number of pyridine rings is 1. The maximum Gasteiger partial charge on any atom is 0.255 e. The largest absolute Gasteiger partial charge is 0.349 e. The van der Waals surface area contributed by atoms with Crippen molar-refractivity contribution in [3.8, 4) is 11.1 Å². The van der Waals surface area contributed by atoms with Crippen LogP contribution in [0.5, 0.6) is 0 Å². The number of nitrogens with one attached hydrogen (secondary N) is 1. The molecule has 28 heavy (non-hydrogen) atoms. The SMILES string of the molecule is Cn1ccc2ncc(-c3ccc4c(c3)CN(C3CCC(=O)NC3=O)C4=O)cc21. The Hall–Kier alpha value is -3.48. The van der Waals surface area contributed by atoms with E-state index in [0.717, 1.165) is 27.7 Å². The fraction of sp³-hybridized carbons (Fsp3) is 0.238. The van der Waals surface area contributed by atoms with E-state index in [1.54, 1.807) is 4.90 Å². The predicted molar refractivity (Wildman–Crippen MR) is 102 cm³/mol. The van der Waals surface area contributed by atoms with E-state index in [1.165, 1.54) is 0 Å². The molecule has 1 saturated heterocycles. The summed E-state index contributed by atoms with van der Waals surface area (Å²) in [7, 11) is 1.98. The molecule has 2 aliphatic heterocycles. The monoisotopic (exact) mass is 374 g/mol. The van der Waals surface area contributed by atoms with Crippen LogP contribution in [0.25, 0.3) is 22.2 Å². The van der Waals surface area contributed by atoms with E-state index < -0.39 is 11.9 Å². The molecule has 5 rings (SSSR count). The Morgan fingerprint density at radius 3 is 2.79 bits per heavy atom. The molecule has 0 spiro atoms. The van der Waals surface area contributed by atoms with Crippen molar-refractivity contribution in [1.29, 1.82) is 0 Å². The van der Waals surface area contributed by atoms with Gasteiger partial charge in [-0.15, -0.1) is 0 Å². The number of aromatic nitrogens is 2. The molecule has 1 atom stereocenters. The van der Waals surface area contributed by atoms with Gasteiger partial charge in [-0.25, -0.2) is 0 Å². The van der Waals surface area contributed by atoms with Crippen molar-refractivity contribution in [2.75, 3.05) is 0 Å². The van der Waals surface area contributed by atoms with Gasteiger partial charge < -0.3 is 9.47 Å². The third-order valence-electron chi connectivity index (χ3n) is 5.59. The topological polar surface area (TPSA) is 84.3 Å². The number of nitrogens with zero attached hydrogens (tertiary/aromatic N) is 3. The van der Waals surface area contributed by atoms with Crippen LogP contribution in [0.1, 0.15) is 28.8 Å². The number of aryl methyl sites for hydroxylation is 1. The third kappa shape index (κ3) is 2.51. The Morgan fingerprint density at radius 2 is 1.96 bits per heavy atom. The quantitative estimate of drug-likeness (QED) is 0.696. The van der Waals surface area contributed by atoms with Gasteiger partial charge in [-0.3, -0.25) is 24.7 Å². The Morgan fingerprint density at radius 1 is 1.11 bits per heavy atom. The molecule has 0 bridgehead atoms. The van der Waals surface area contributed by atoms with Crippen molar-refractivity contribution < 1.29 is 14.4 Å². The highest BCUT2D eigenvalue weighted by Gasteiger charge is 2.39. The molecule has 2 aliphatic rings. The third-order valence-corrected chi connectivity index (χ3v) is 5.59. The van der Waals surface area contributed by atoms with Crippen molar-refractivity contribution >= 4 is 28.8 Å². The van der Waals surface area contributed by atoms with E-state index in [1.807, 2.05) is 48.3 Å². The van der Waals surface area contributed by atoms with Gasteiger partial charge in [0.25, 0.3) is 5.91 Å². The number of hydrogen-bond acceptors (Lipinski definition) is 4. The number of rotatable bonds is 2. The van der Waals surface area contributed by atoms with Crippen LogP contribution in [-0.2, 0) is 23.2 Å². The number of benzene rings is 1. The summed E-state index contributed by atoms with van der Waals surface area (Å²) in [5.41, 5.74) is 5.43. The van der Waals surface area contributed by atoms with Gasteiger partial charge in [0.05, 0.1) is 11.0 Å². The number of carbonyl (C=O) groups excluding carboxylic acids is 3. The summed E-state index contributed by atoms with van der Waals surface area (Å²) >= 11 is 0. The van der Waals surface area contributed by atoms with Crippen LogP contribution in [0.2, 0.25) is 0 Å². The molecule has 3 aromatic rings. The lowest BCUT2D eigenvalue weighted by Gasteiger charge is -2.29. The van der Waals surface area contributed by atoms with E-state index >= 15 is 0 Å². The van der Waals surface area contributed by atoms with E-state index in [4.69, 9.17) is 0 Å². The fourth-order valence-electron chi connectivity index (χ4n) is 4.05. The zero-order chi connectivity index (χ0) is 19.4. The van der Waals surface area contributed by atoms with Gasteiger partial charge in [-0.2, -0.15) is 0 Å². The fourth-order valence-corrected chi connectivity index (χ4v) is 4.05. The number of carbonyl (C=O) groups is 3. The Bertz CT molecular complexity index is 1160. The van der Waals surface area contributed by atoms with Gasteiger partial charge in [-0.1, -0.05) is 6.07 Å². The minimum atomic E-state index is -0.595. The van der Waals surface area contributed by atoms with Crippen molar-refractivity contribution in [3.05, 3.63) is 53.9 Å². The molecule has 3 amide bonds. The van der Waals surface area contributed by atoms with Gasteiger partial charge >= 0.3 is 0 Å². The standard InChI is InChI=1S/C21H18N4O3/c1-24-7-6-16-18(24)9-13(10-22-16)12-2-3-15-14(8-12)11-25(21(15)28)17-4-5-19(26)23-20(17)27/h2-3,6-10,17H,4-5,11H2,1H3,(H,23,26,27). The lowest BCUT2D eigenvalue weighted by Crippen LogP contribution is -2.52.